The van der Waals surface area contributed by atoms with Crippen LogP contribution in [-0.2, 0) is 20.1 Å². The predicted octanol–water partition coefficient (Wildman–Crippen LogP) is 3.67. The van der Waals surface area contributed by atoms with Gasteiger partial charge in [-0.25, -0.2) is 4.79 Å². The summed E-state index contributed by atoms with van der Waals surface area (Å²) in [5.41, 5.74) is -0.701. The fourth-order valence-electron chi connectivity index (χ4n) is 3.61. The second-order valence-electron chi connectivity index (χ2n) is 8.01. The largest absolute Gasteiger partial charge is 0.573 e. The van der Waals surface area contributed by atoms with Crippen molar-refractivity contribution in [1.29, 1.82) is 0 Å². The van der Waals surface area contributed by atoms with E-state index in [1.807, 2.05) is 0 Å². The zero-order valence-electron chi connectivity index (χ0n) is 19.0. The maximum atomic E-state index is 13.3. The van der Waals surface area contributed by atoms with E-state index >= 15 is 0 Å². The van der Waals surface area contributed by atoms with Crippen LogP contribution in [0.25, 0.3) is 11.2 Å². The molecule has 2 aromatic heterocycles. The predicted molar refractivity (Wildman–Crippen MR) is 125 cm³/mol. The van der Waals surface area contributed by atoms with E-state index in [-0.39, 0.29) is 36.0 Å². The Balaban J connectivity index is 1.88. The fourth-order valence-corrected chi connectivity index (χ4v) is 3.74. The van der Waals surface area contributed by atoms with E-state index in [2.05, 4.69) is 9.72 Å². The molecule has 0 radical (unpaired) electrons. The molecule has 4 rings (SSSR count). The second-order valence-corrected chi connectivity index (χ2v) is 8.45. The van der Waals surface area contributed by atoms with Crippen LogP contribution in [-0.4, -0.2) is 36.3 Å². The van der Waals surface area contributed by atoms with Crippen molar-refractivity contribution in [3.8, 4) is 17.5 Å². The molecule has 2 heterocycles. The third kappa shape index (κ3) is 5.39. The molecule has 0 aliphatic heterocycles. The monoisotopic (exact) mass is 524 g/mol. The highest BCUT2D eigenvalue weighted by Crippen LogP contribution is 2.30. The SMILES string of the molecule is C[C@@H](O)Cn1c(=O)c2c(nc(Oc3cccc(OC(F)(F)F)c3)n2Cc2ccc(Cl)cc2)n(C)c1=O. The van der Waals surface area contributed by atoms with E-state index in [1.54, 1.807) is 24.3 Å². The Labute approximate surface area is 206 Å². The van der Waals surface area contributed by atoms with E-state index in [1.165, 1.54) is 30.7 Å². The molecule has 4 aromatic rings. The summed E-state index contributed by atoms with van der Waals surface area (Å²) in [5.74, 6) is -0.550. The first-order valence-electron chi connectivity index (χ1n) is 10.6. The molecule has 0 amide bonds. The van der Waals surface area contributed by atoms with Gasteiger partial charge in [-0.1, -0.05) is 29.8 Å². The lowest BCUT2D eigenvalue weighted by atomic mass is 10.2. The van der Waals surface area contributed by atoms with Gasteiger partial charge in [-0.2, -0.15) is 4.98 Å². The Morgan fingerprint density at radius 2 is 1.75 bits per heavy atom. The van der Waals surface area contributed by atoms with Crippen LogP contribution in [0, 0.1) is 0 Å². The lowest BCUT2D eigenvalue weighted by Crippen LogP contribution is -2.41. The molecule has 2 aromatic carbocycles. The van der Waals surface area contributed by atoms with Crippen LogP contribution < -0.4 is 20.7 Å². The zero-order valence-corrected chi connectivity index (χ0v) is 19.7. The minimum Gasteiger partial charge on any atom is -0.425 e. The smallest absolute Gasteiger partial charge is 0.425 e. The Morgan fingerprint density at radius 1 is 1.08 bits per heavy atom. The zero-order chi connectivity index (χ0) is 26.2. The van der Waals surface area contributed by atoms with Crippen molar-refractivity contribution in [2.45, 2.75) is 32.5 Å². The molecular weight excluding hydrogens is 505 g/mol. The van der Waals surface area contributed by atoms with Crippen LogP contribution in [0.15, 0.2) is 58.1 Å². The summed E-state index contributed by atoms with van der Waals surface area (Å²) in [6.07, 6.45) is -5.87. The van der Waals surface area contributed by atoms with Gasteiger partial charge in [-0.3, -0.25) is 18.5 Å². The van der Waals surface area contributed by atoms with Crippen molar-refractivity contribution in [2.24, 2.45) is 7.05 Å². The highest BCUT2D eigenvalue weighted by atomic mass is 35.5. The first-order valence-corrected chi connectivity index (χ1v) is 11.0. The van der Waals surface area contributed by atoms with E-state index < -0.39 is 29.5 Å². The van der Waals surface area contributed by atoms with Gasteiger partial charge in [0.05, 0.1) is 19.2 Å². The maximum absolute atomic E-state index is 13.3. The number of rotatable bonds is 7. The van der Waals surface area contributed by atoms with Gasteiger partial charge < -0.3 is 14.6 Å². The van der Waals surface area contributed by atoms with Crippen LogP contribution in [0.3, 0.4) is 0 Å². The van der Waals surface area contributed by atoms with Gasteiger partial charge >= 0.3 is 18.1 Å². The van der Waals surface area contributed by atoms with Crippen molar-refractivity contribution < 1.29 is 27.8 Å². The summed E-state index contributed by atoms with van der Waals surface area (Å²) in [4.78, 5) is 30.4. The Hall–Kier alpha value is -3.77. The molecule has 13 heteroatoms. The summed E-state index contributed by atoms with van der Waals surface area (Å²) in [6, 6.07) is 11.4. The minimum atomic E-state index is -4.90. The second kappa shape index (κ2) is 9.70. The molecule has 1 N–H and O–H groups in total. The number of ether oxygens (including phenoxy) is 2. The number of fused-ring (bicyclic) bond motifs is 1. The highest BCUT2D eigenvalue weighted by molar-refractivity contribution is 6.30. The molecule has 36 heavy (non-hydrogen) atoms. The fraction of sp³-hybridized carbons (Fsp3) is 0.261. The van der Waals surface area contributed by atoms with E-state index in [9.17, 15) is 27.9 Å². The molecule has 190 valence electrons. The average Bonchev–Trinajstić information content (AvgIpc) is 3.13. The number of halogens is 4. The molecule has 0 aliphatic rings. The van der Waals surface area contributed by atoms with E-state index in [0.29, 0.717) is 10.6 Å². The van der Waals surface area contributed by atoms with Gasteiger partial charge in [0.25, 0.3) is 5.56 Å². The van der Waals surface area contributed by atoms with Crippen LogP contribution in [0.1, 0.15) is 12.5 Å². The van der Waals surface area contributed by atoms with Crippen LogP contribution in [0.5, 0.6) is 17.5 Å². The number of nitrogens with zero attached hydrogens (tertiary/aromatic N) is 4. The van der Waals surface area contributed by atoms with Gasteiger partial charge in [0.15, 0.2) is 11.2 Å². The van der Waals surface area contributed by atoms with Crippen LogP contribution in [0.2, 0.25) is 5.02 Å². The first-order chi connectivity index (χ1) is 16.9. The Morgan fingerprint density at radius 3 is 2.39 bits per heavy atom. The molecule has 9 nitrogen and oxygen atoms in total. The number of imidazole rings is 1. The van der Waals surface area contributed by atoms with Crippen molar-refractivity contribution in [3.05, 3.63) is 80.0 Å². The molecule has 0 fully saturated rings. The van der Waals surface area contributed by atoms with Crippen LogP contribution in [0.4, 0.5) is 13.2 Å². The Kier molecular flexibility index (Phi) is 6.83. The molecule has 0 unspecified atom stereocenters. The van der Waals surface area contributed by atoms with Gasteiger partial charge in [-0.05, 0) is 36.8 Å². The summed E-state index contributed by atoms with van der Waals surface area (Å²) in [7, 11) is 1.41. The molecule has 0 spiro atoms. The average molecular weight is 525 g/mol. The lowest BCUT2D eigenvalue weighted by Gasteiger charge is -2.13. The number of hydrogen-bond acceptors (Lipinski definition) is 6. The summed E-state index contributed by atoms with van der Waals surface area (Å²) >= 11 is 5.97. The van der Waals surface area contributed by atoms with Gasteiger partial charge in [-0.15, -0.1) is 13.2 Å². The quantitative estimate of drug-likeness (QED) is 0.396. The summed E-state index contributed by atoms with van der Waals surface area (Å²) in [5, 5.41) is 10.3. The third-order valence-electron chi connectivity index (χ3n) is 5.15. The molecule has 0 saturated carbocycles. The maximum Gasteiger partial charge on any atom is 0.573 e. The van der Waals surface area contributed by atoms with Crippen molar-refractivity contribution in [2.75, 3.05) is 0 Å². The summed E-state index contributed by atoms with van der Waals surface area (Å²) in [6.45, 7) is 1.25. The lowest BCUT2D eigenvalue weighted by molar-refractivity contribution is -0.274. The first kappa shape index (κ1) is 25.3. The molecule has 0 saturated heterocycles. The van der Waals surface area contributed by atoms with E-state index in [4.69, 9.17) is 16.3 Å². The molecule has 0 bridgehead atoms. The number of alkyl halides is 3. The third-order valence-corrected chi connectivity index (χ3v) is 5.40. The number of hydrogen-bond donors (Lipinski definition) is 1. The van der Waals surface area contributed by atoms with Gasteiger partial charge in [0.2, 0.25) is 0 Å². The molecule has 1 atom stereocenters. The molecule has 0 aliphatic carbocycles. The van der Waals surface area contributed by atoms with Crippen LogP contribution >= 0.6 is 11.6 Å². The number of aryl methyl sites for hydroxylation is 1. The number of aromatic nitrogens is 4. The topological polar surface area (TPSA) is 101 Å². The van der Waals surface area contributed by atoms with Crippen molar-refractivity contribution >= 4 is 22.8 Å². The van der Waals surface area contributed by atoms with Crippen molar-refractivity contribution in [3.63, 3.8) is 0 Å². The number of benzene rings is 2. The highest BCUT2D eigenvalue weighted by Gasteiger charge is 2.31. The van der Waals surface area contributed by atoms with Gasteiger partial charge in [0, 0.05) is 18.1 Å². The minimum absolute atomic E-state index is 0.00139. The Bertz CT molecular complexity index is 1520. The van der Waals surface area contributed by atoms with E-state index in [0.717, 1.165) is 21.3 Å². The van der Waals surface area contributed by atoms with Crippen molar-refractivity contribution in [1.82, 2.24) is 18.7 Å². The standard InChI is InChI=1S/C23H20ClF3N4O5/c1-13(32)11-31-20(33)18-19(29(2)22(31)34)28-21(30(18)12-14-6-8-15(24)9-7-14)35-16-4-3-5-17(10-16)36-23(25,26)27/h3-10,13,32H,11-12H2,1-2H3/t13-/m1/s1. The normalized spacial score (nSPS) is 12.6. The summed E-state index contributed by atoms with van der Waals surface area (Å²) < 4.78 is 51.1. The number of aliphatic hydroxyl groups is 1. The number of aliphatic hydroxyl groups excluding tert-OH is 1. The van der Waals surface area contributed by atoms with Gasteiger partial charge in [0.1, 0.15) is 11.5 Å². The molecular formula is C23H20ClF3N4O5.